The Labute approximate surface area is 125 Å². The third-order valence-electron chi connectivity index (χ3n) is 3.38. The molecule has 116 valence electrons. The van der Waals surface area contributed by atoms with Gasteiger partial charge in [-0.3, -0.25) is 0 Å². The summed E-state index contributed by atoms with van der Waals surface area (Å²) in [6.07, 6.45) is -2.75. The third-order valence-corrected chi connectivity index (χ3v) is 3.60. The van der Waals surface area contributed by atoms with E-state index in [1.165, 1.54) is 6.07 Å². The second kappa shape index (κ2) is 5.76. The largest absolute Gasteiger partial charge is 0.433 e. The van der Waals surface area contributed by atoms with Crippen LogP contribution in [0.1, 0.15) is 31.0 Å². The smallest absolute Gasteiger partial charge is 0.389 e. The van der Waals surface area contributed by atoms with Crippen molar-refractivity contribution < 1.29 is 17.9 Å². The maximum absolute atomic E-state index is 12.7. The van der Waals surface area contributed by atoms with Gasteiger partial charge in [-0.15, -0.1) is 0 Å². The Morgan fingerprint density at radius 1 is 1.52 bits per heavy atom. The van der Waals surface area contributed by atoms with E-state index in [-0.39, 0.29) is 10.8 Å². The molecule has 3 N–H and O–H groups in total. The van der Waals surface area contributed by atoms with Gasteiger partial charge in [-0.2, -0.15) is 13.2 Å². The van der Waals surface area contributed by atoms with Gasteiger partial charge in [-0.05, 0) is 31.9 Å². The summed E-state index contributed by atoms with van der Waals surface area (Å²) in [4.78, 5) is 3.59. The number of halogens is 3. The van der Waals surface area contributed by atoms with Gasteiger partial charge in [0.2, 0.25) is 0 Å². The van der Waals surface area contributed by atoms with Crippen LogP contribution in [-0.4, -0.2) is 28.7 Å². The number of alkyl halides is 3. The number of nitrogens with two attached hydrogens (primary N) is 1. The highest BCUT2D eigenvalue weighted by atomic mass is 32.1. The summed E-state index contributed by atoms with van der Waals surface area (Å²) in [6, 6.07) is 2.10. The number of rotatable bonds is 4. The minimum absolute atomic E-state index is 0.00350. The maximum Gasteiger partial charge on any atom is 0.433 e. The number of nitrogens with one attached hydrogen (secondary N) is 1. The lowest BCUT2D eigenvalue weighted by molar-refractivity contribution is -0.141. The molecule has 8 heteroatoms. The van der Waals surface area contributed by atoms with Crippen molar-refractivity contribution in [1.82, 2.24) is 4.98 Å². The Kier molecular flexibility index (Phi) is 4.38. The Bertz CT molecular complexity index is 542. The molecule has 1 unspecified atom stereocenters. The highest BCUT2D eigenvalue weighted by molar-refractivity contribution is 7.80. The van der Waals surface area contributed by atoms with Crippen molar-refractivity contribution in [2.75, 3.05) is 18.5 Å². The third kappa shape index (κ3) is 3.82. The van der Waals surface area contributed by atoms with Gasteiger partial charge in [0.25, 0.3) is 0 Å². The van der Waals surface area contributed by atoms with E-state index >= 15 is 0 Å². The standard InChI is InChI=1S/C13H16F3N3OS/c1-12(5-2-6-20-12)7-18-11-8(10(17)21)3-4-9(19-11)13(14,15)16/h3-4H,2,5-7H2,1H3,(H2,17,21)(H,18,19). The van der Waals surface area contributed by atoms with Gasteiger partial charge >= 0.3 is 6.18 Å². The topological polar surface area (TPSA) is 60.2 Å². The summed E-state index contributed by atoms with van der Waals surface area (Å²) in [7, 11) is 0. The van der Waals surface area contributed by atoms with Crippen LogP contribution in [0, 0.1) is 0 Å². The van der Waals surface area contributed by atoms with Crippen LogP contribution in [0.2, 0.25) is 0 Å². The minimum atomic E-state index is -4.51. The van der Waals surface area contributed by atoms with E-state index in [2.05, 4.69) is 10.3 Å². The Morgan fingerprint density at radius 3 is 2.76 bits per heavy atom. The van der Waals surface area contributed by atoms with Gasteiger partial charge in [-0.1, -0.05) is 12.2 Å². The predicted octanol–water partition coefficient (Wildman–Crippen LogP) is 2.72. The number of thiocarbonyl (C=S) groups is 1. The molecule has 0 amide bonds. The molecule has 1 atom stereocenters. The van der Waals surface area contributed by atoms with E-state index in [0.29, 0.717) is 18.7 Å². The normalized spacial score (nSPS) is 22.3. The highest BCUT2D eigenvalue weighted by Gasteiger charge is 2.34. The second-order valence-corrected chi connectivity index (χ2v) is 5.65. The van der Waals surface area contributed by atoms with Crippen LogP contribution in [0.5, 0.6) is 0 Å². The lowest BCUT2D eigenvalue weighted by Crippen LogP contribution is -2.33. The molecule has 21 heavy (non-hydrogen) atoms. The molecule has 2 heterocycles. The van der Waals surface area contributed by atoms with Crippen molar-refractivity contribution in [3.8, 4) is 0 Å². The molecule has 0 aliphatic carbocycles. The van der Waals surface area contributed by atoms with E-state index < -0.39 is 17.5 Å². The summed E-state index contributed by atoms with van der Waals surface area (Å²) in [5.74, 6) is 0.0362. The van der Waals surface area contributed by atoms with Crippen molar-refractivity contribution in [2.45, 2.75) is 31.5 Å². The first-order valence-corrected chi connectivity index (χ1v) is 6.88. The zero-order chi connectivity index (χ0) is 15.7. The average Bonchev–Trinajstić information content (AvgIpc) is 2.82. The SMILES string of the molecule is CC1(CNc2nc(C(F)(F)F)ccc2C(N)=S)CCCO1. The molecular weight excluding hydrogens is 303 g/mol. The molecule has 0 spiro atoms. The van der Waals surface area contributed by atoms with Crippen LogP contribution in [0.4, 0.5) is 19.0 Å². The van der Waals surface area contributed by atoms with Crippen LogP contribution in [0.15, 0.2) is 12.1 Å². The zero-order valence-corrected chi connectivity index (χ0v) is 12.3. The van der Waals surface area contributed by atoms with Gasteiger partial charge < -0.3 is 15.8 Å². The quantitative estimate of drug-likeness (QED) is 0.836. The Morgan fingerprint density at radius 2 is 2.24 bits per heavy atom. The van der Waals surface area contributed by atoms with Crippen LogP contribution in [0.25, 0.3) is 0 Å². The van der Waals surface area contributed by atoms with E-state index in [9.17, 15) is 13.2 Å². The molecule has 0 saturated carbocycles. The second-order valence-electron chi connectivity index (χ2n) is 5.21. The van der Waals surface area contributed by atoms with Crippen LogP contribution >= 0.6 is 12.2 Å². The number of anilines is 1. The van der Waals surface area contributed by atoms with Gasteiger partial charge in [0.05, 0.1) is 11.2 Å². The fraction of sp³-hybridized carbons (Fsp3) is 0.538. The molecule has 0 bridgehead atoms. The molecule has 1 fully saturated rings. The van der Waals surface area contributed by atoms with Gasteiger partial charge in [0, 0.05) is 13.2 Å². The van der Waals surface area contributed by atoms with E-state index in [0.717, 1.165) is 18.9 Å². The van der Waals surface area contributed by atoms with Crippen LogP contribution < -0.4 is 11.1 Å². The molecule has 4 nitrogen and oxygen atoms in total. The van der Waals surface area contributed by atoms with E-state index in [1.807, 2.05) is 6.92 Å². The fourth-order valence-electron chi connectivity index (χ4n) is 2.20. The summed E-state index contributed by atoms with van der Waals surface area (Å²) in [5.41, 5.74) is 4.42. The van der Waals surface area contributed by atoms with Crippen molar-refractivity contribution >= 4 is 23.0 Å². The number of hydrogen-bond acceptors (Lipinski definition) is 4. The number of nitrogens with zero attached hydrogens (tertiary/aromatic N) is 1. The van der Waals surface area contributed by atoms with Crippen LogP contribution in [-0.2, 0) is 10.9 Å². The molecule has 1 aromatic heterocycles. The van der Waals surface area contributed by atoms with Gasteiger partial charge in [-0.25, -0.2) is 4.98 Å². The number of hydrogen-bond donors (Lipinski definition) is 2. The number of ether oxygens (including phenoxy) is 1. The molecule has 0 aromatic carbocycles. The molecule has 1 aliphatic heterocycles. The van der Waals surface area contributed by atoms with Crippen molar-refractivity contribution in [3.05, 3.63) is 23.4 Å². The zero-order valence-electron chi connectivity index (χ0n) is 11.5. The predicted molar refractivity (Wildman–Crippen MR) is 77.2 cm³/mol. The fourth-order valence-corrected chi connectivity index (χ4v) is 2.36. The first-order chi connectivity index (χ1) is 9.71. The average molecular weight is 319 g/mol. The molecule has 1 aromatic rings. The minimum Gasteiger partial charge on any atom is -0.389 e. The Balaban J connectivity index is 2.24. The van der Waals surface area contributed by atoms with Crippen molar-refractivity contribution in [1.29, 1.82) is 0 Å². The number of aromatic nitrogens is 1. The highest BCUT2D eigenvalue weighted by Crippen LogP contribution is 2.30. The summed E-state index contributed by atoms with van der Waals surface area (Å²) in [6.45, 7) is 2.90. The van der Waals surface area contributed by atoms with E-state index in [4.69, 9.17) is 22.7 Å². The van der Waals surface area contributed by atoms with Crippen molar-refractivity contribution in [2.24, 2.45) is 5.73 Å². The van der Waals surface area contributed by atoms with Gasteiger partial charge in [0.1, 0.15) is 16.5 Å². The summed E-state index contributed by atoms with van der Waals surface area (Å²) < 4.78 is 43.8. The van der Waals surface area contributed by atoms with Crippen molar-refractivity contribution in [3.63, 3.8) is 0 Å². The first-order valence-electron chi connectivity index (χ1n) is 6.47. The lowest BCUT2D eigenvalue weighted by Gasteiger charge is -2.24. The molecule has 1 saturated heterocycles. The summed E-state index contributed by atoms with van der Waals surface area (Å²) in [5, 5.41) is 2.89. The molecule has 0 radical (unpaired) electrons. The van der Waals surface area contributed by atoms with Crippen LogP contribution in [0.3, 0.4) is 0 Å². The van der Waals surface area contributed by atoms with E-state index in [1.54, 1.807) is 0 Å². The maximum atomic E-state index is 12.7. The number of pyridine rings is 1. The molecule has 2 rings (SSSR count). The molecular formula is C13H16F3N3OS. The Hall–Kier alpha value is -1.41. The lowest BCUT2D eigenvalue weighted by atomic mass is 10.0. The molecule has 1 aliphatic rings. The monoisotopic (exact) mass is 319 g/mol. The summed E-state index contributed by atoms with van der Waals surface area (Å²) >= 11 is 4.85. The first kappa shape index (κ1) is 16.0. The van der Waals surface area contributed by atoms with Gasteiger partial charge in [0.15, 0.2) is 0 Å².